The Balaban J connectivity index is 2.75. The van der Waals surface area contributed by atoms with Gasteiger partial charge in [-0.3, -0.25) is 9.78 Å². The fraction of sp³-hybridized carbons (Fsp3) is 0.375. The molecule has 1 aromatic heterocycles. The maximum atomic E-state index is 11.3. The van der Waals surface area contributed by atoms with Crippen molar-refractivity contribution in [1.82, 2.24) is 4.98 Å². The number of rotatable bonds is 2. The molecule has 2 rings (SSSR count). The Labute approximate surface area is 108 Å². The van der Waals surface area contributed by atoms with Gasteiger partial charge in [0.1, 0.15) is 0 Å². The lowest BCUT2D eigenvalue weighted by molar-refractivity contribution is 0.112. The molecule has 18 heavy (non-hydrogen) atoms. The molecule has 0 N–H and O–H groups in total. The first-order valence-corrected chi connectivity index (χ1v) is 6.35. The van der Waals surface area contributed by atoms with Crippen LogP contribution in [0.4, 0.5) is 0 Å². The summed E-state index contributed by atoms with van der Waals surface area (Å²) in [5.41, 5.74) is 3.79. The first kappa shape index (κ1) is 12.7. The van der Waals surface area contributed by atoms with Crippen LogP contribution in [0.5, 0.6) is 0 Å². The number of aryl methyl sites for hydroxylation is 1. The molecule has 0 saturated heterocycles. The summed E-state index contributed by atoms with van der Waals surface area (Å²) < 4.78 is 0. The van der Waals surface area contributed by atoms with Crippen molar-refractivity contribution in [3.05, 3.63) is 41.1 Å². The van der Waals surface area contributed by atoms with Crippen LogP contribution in [0.2, 0.25) is 0 Å². The molecule has 0 amide bonds. The SMILES string of the molecule is CCc1ccc2nc(C(C)(C)C)cc(C=O)c2c1. The van der Waals surface area contributed by atoms with Crippen molar-refractivity contribution in [2.45, 2.75) is 39.5 Å². The molecule has 0 bridgehead atoms. The van der Waals surface area contributed by atoms with Crippen LogP contribution in [0.25, 0.3) is 10.9 Å². The van der Waals surface area contributed by atoms with Gasteiger partial charge in [-0.25, -0.2) is 0 Å². The number of aldehydes is 1. The number of fused-ring (bicyclic) bond motifs is 1. The van der Waals surface area contributed by atoms with E-state index in [4.69, 9.17) is 0 Å². The van der Waals surface area contributed by atoms with Gasteiger partial charge in [-0.05, 0) is 30.2 Å². The number of aromatic nitrogens is 1. The molecule has 94 valence electrons. The maximum Gasteiger partial charge on any atom is 0.150 e. The zero-order chi connectivity index (χ0) is 13.3. The molecule has 0 saturated carbocycles. The van der Waals surface area contributed by atoms with Gasteiger partial charge in [0.15, 0.2) is 6.29 Å². The molecule has 0 radical (unpaired) electrons. The third-order valence-corrected chi connectivity index (χ3v) is 3.21. The van der Waals surface area contributed by atoms with E-state index >= 15 is 0 Å². The summed E-state index contributed by atoms with van der Waals surface area (Å²) >= 11 is 0. The van der Waals surface area contributed by atoms with Crippen molar-refractivity contribution >= 4 is 17.2 Å². The summed E-state index contributed by atoms with van der Waals surface area (Å²) in [6, 6.07) is 8.07. The zero-order valence-electron chi connectivity index (χ0n) is 11.4. The van der Waals surface area contributed by atoms with E-state index in [0.717, 1.165) is 34.9 Å². The van der Waals surface area contributed by atoms with E-state index in [9.17, 15) is 4.79 Å². The molecular weight excluding hydrogens is 222 g/mol. The van der Waals surface area contributed by atoms with Gasteiger partial charge in [0.05, 0.1) is 5.52 Å². The average Bonchev–Trinajstić information content (AvgIpc) is 2.35. The van der Waals surface area contributed by atoms with Crippen LogP contribution in [-0.2, 0) is 11.8 Å². The van der Waals surface area contributed by atoms with E-state index in [1.165, 1.54) is 5.56 Å². The van der Waals surface area contributed by atoms with Crippen molar-refractivity contribution in [1.29, 1.82) is 0 Å². The maximum absolute atomic E-state index is 11.3. The van der Waals surface area contributed by atoms with Crippen molar-refractivity contribution in [2.24, 2.45) is 0 Å². The number of hydrogen-bond acceptors (Lipinski definition) is 2. The highest BCUT2D eigenvalue weighted by Crippen LogP contribution is 2.26. The molecule has 0 atom stereocenters. The molecule has 0 aliphatic carbocycles. The lowest BCUT2D eigenvalue weighted by atomic mass is 9.90. The van der Waals surface area contributed by atoms with Gasteiger partial charge >= 0.3 is 0 Å². The average molecular weight is 241 g/mol. The molecule has 1 aromatic carbocycles. The van der Waals surface area contributed by atoms with E-state index in [1.54, 1.807) is 0 Å². The van der Waals surface area contributed by atoms with E-state index in [2.05, 4.69) is 44.8 Å². The largest absolute Gasteiger partial charge is 0.298 e. The fourth-order valence-corrected chi connectivity index (χ4v) is 2.00. The van der Waals surface area contributed by atoms with E-state index in [-0.39, 0.29) is 5.41 Å². The predicted molar refractivity (Wildman–Crippen MR) is 75.2 cm³/mol. The Morgan fingerprint density at radius 1 is 1.22 bits per heavy atom. The van der Waals surface area contributed by atoms with Crippen LogP contribution in [0.1, 0.15) is 49.3 Å². The van der Waals surface area contributed by atoms with Crippen molar-refractivity contribution in [2.75, 3.05) is 0 Å². The minimum absolute atomic E-state index is 0.0463. The van der Waals surface area contributed by atoms with Crippen LogP contribution in [0.15, 0.2) is 24.3 Å². The van der Waals surface area contributed by atoms with Crippen LogP contribution in [0.3, 0.4) is 0 Å². The molecular formula is C16H19NO. The first-order chi connectivity index (χ1) is 8.45. The molecule has 0 unspecified atom stereocenters. The van der Waals surface area contributed by atoms with Crippen molar-refractivity contribution in [3.63, 3.8) is 0 Å². The number of hydrogen-bond donors (Lipinski definition) is 0. The minimum Gasteiger partial charge on any atom is -0.298 e. The normalized spacial score (nSPS) is 11.8. The Bertz CT molecular complexity index is 594. The summed E-state index contributed by atoms with van der Waals surface area (Å²) in [6.45, 7) is 8.43. The highest BCUT2D eigenvalue weighted by molar-refractivity contribution is 5.96. The summed E-state index contributed by atoms with van der Waals surface area (Å²) in [5.74, 6) is 0. The second-order valence-electron chi connectivity index (χ2n) is 5.67. The number of pyridine rings is 1. The molecule has 2 aromatic rings. The third kappa shape index (κ3) is 2.28. The lowest BCUT2D eigenvalue weighted by Crippen LogP contribution is -2.14. The summed E-state index contributed by atoms with van der Waals surface area (Å²) in [7, 11) is 0. The quantitative estimate of drug-likeness (QED) is 0.746. The van der Waals surface area contributed by atoms with E-state index < -0.39 is 0 Å². The molecule has 0 spiro atoms. The van der Waals surface area contributed by atoms with Crippen molar-refractivity contribution in [3.8, 4) is 0 Å². The second kappa shape index (κ2) is 4.52. The summed E-state index contributed by atoms with van der Waals surface area (Å²) in [4.78, 5) is 15.9. The lowest BCUT2D eigenvalue weighted by Gasteiger charge is -2.19. The monoisotopic (exact) mass is 241 g/mol. The van der Waals surface area contributed by atoms with Crippen molar-refractivity contribution < 1.29 is 4.79 Å². The Kier molecular flexibility index (Phi) is 3.20. The predicted octanol–water partition coefficient (Wildman–Crippen LogP) is 3.91. The minimum atomic E-state index is -0.0463. The van der Waals surface area contributed by atoms with Gasteiger partial charge in [0.2, 0.25) is 0 Å². The van der Waals surface area contributed by atoms with Gasteiger partial charge in [-0.15, -0.1) is 0 Å². The molecule has 0 aliphatic heterocycles. The Morgan fingerprint density at radius 3 is 2.50 bits per heavy atom. The number of benzene rings is 1. The summed E-state index contributed by atoms with van der Waals surface area (Å²) in [6.07, 6.45) is 1.90. The fourth-order valence-electron chi connectivity index (χ4n) is 2.00. The zero-order valence-corrected chi connectivity index (χ0v) is 11.4. The number of carbonyl (C=O) groups is 1. The first-order valence-electron chi connectivity index (χ1n) is 6.35. The van der Waals surface area contributed by atoms with Gasteiger partial charge < -0.3 is 0 Å². The molecule has 2 heteroatoms. The van der Waals surface area contributed by atoms with Gasteiger partial charge in [0.25, 0.3) is 0 Å². The highest BCUT2D eigenvalue weighted by atomic mass is 16.1. The molecule has 0 aliphatic rings. The number of nitrogens with zero attached hydrogens (tertiary/aromatic N) is 1. The molecule has 0 fully saturated rings. The number of carbonyl (C=O) groups excluding carboxylic acids is 1. The van der Waals surface area contributed by atoms with E-state index in [0.29, 0.717) is 0 Å². The Hall–Kier alpha value is -1.70. The van der Waals surface area contributed by atoms with Gasteiger partial charge in [-0.1, -0.05) is 33.8 Å². The smallest absolute Gasteiger partial charge is 0.150 e. The second-order valence-corrected chi connectivity index (χ2v) is 5.67. The highest BCUT2D eigenvalue weighted by Gasteiger charge is 2.17. The van der Waals surface area contributed by atoms with Crippen LogP contribution < -0.4 is 0 Å². The van der Waals surface area contributed by atoms with Crippen LogP contribution in [0, 0.1) is 0 Å². The molecule has 2 nitrogen and oxygen atoms in total. The van der Waals surface area contributed by atoms with Gasteiger partial charge in [-0.2, -0.15) is 0 Å². The topological polar surface area (TPSA) is 30.0 Å². The van der Waals surface area contributed by atoms with Crippen LogP contribution in [-0.4, -0.2) is 11.3 Å². The van der Waals surface area contributed by atoms with Crippen LogP contribution >= 0.6 is 0 Å². The summed E-state index contributed by atoms with van der Waals surface area (Å²) in [5, 5.41) is 0.956. The molecule has 1 heterocycles. The van der Waals surface area contributed by atoms with E-state index in [1.807, 2.05) is 12.1 Å². The standard InChI is InChI=1S/C16H19NO/c1-5-11-6-7-14-13(8-11)12(10-18)9-15(17-14)16(2,3)4/h6-10H,5H2,1-4H3. The van der Waals surface area contributed by atoms with Gasteiger partial charge in [0, 0.05) is 22.1 Å². The Morgan fingerprint density at radius 2 is 1.94 bits per heavy atom. The third-order valence-electron chi connectivity index (χ3n) is 3.21.